The normalized spacial score (nSPS) is 10.9. The number of aromatic nitrogens is 5. The fraction of sp³-hybridized carbons (Fsp3) is 0.353. The maximum Gasteiger partial charge on any atom is 0.236 e. The quantitative estimate of drug-likeness (QED) is 0.575. The van der Waals surface area contributed by atoms with Crippen molar-refractivity contribution in [2.24, 2.45) is 0 Å². The van der Waals surface area contributed by atoms with Gasteiger partial charge in [-0.15, -0.1) is 20.4 Å². The molecule has 2 aromatic heterocycles. The van der Waals surface area contributed by atoms with Crippen molar-refractivity contribution in [3.63, 3.8) is 0 Å². The van der Waals surface area contributed by atoms with Crippen molar-refractivity contribution in [2.45, 2.75) is 38.4 Å². The zero-order valence-electron chi connectivity index (χ0n) is 15.0. The van der Waals surface area contributed by atoms with E-state index in [1.807, 2.05) is 6.92 Å². The Morgan fingerprint density at radius 3 is 2.78 bits per heavy atom. The number of aryl methyl sites for hydroxylation is 1. The number of rotatable bonds is 8. The molecule has 3 rings (SSSR count). The fourth-order valence-electron chi connectivity index (χ4n) is 2.43. The van der Waals surface area contributed by atoms with Crippen LogP contribution in [0.3, 0.4) is 0 Å². The van der Waals surface area contributed by atoms with Crippen LogP contribution >= 0.6 is 23.1 Å². The average Bonchev–Trinajstić information content (AvgIpc) is 3.27. The van der Waals surface area contributed by atoms with Crippen LogP contribution in [-0.4, -0.2) is 36.6 Å². The Morgan fingerprint density at radius 1 is 1.22 bits per heavy atom. The van der Waals surface area contributed by atoms with Crippen LogP contribution in [0.1, 0.15) is 25.3 Å². The molecule has 0 bridgehead atoms. The predicted molar refractivity (Wildman–Crippen MR) is 104 cm³/mol. The molecule has 0 aliphatic rings. The van der Waals surface area contributed by atoms with Crippen molar-refractivity contribution < 1.29 is 9.18 Å². The molecule has 0 saturated heterocycles. The summed E-state index contributed by atoms with van der Waals surface area (Å²) in [5.41, 5.74) is 0.389. The average molecular weight is 407 g/mol. The number of nitrogens with zero attached hydrogens (tertiary/aromatic N) is 5. The van der Waals surface area contributed by atoms with Crippen molar-refractivity contribution >= 4 is 34.1 Å². The van der Waals surface area contributed by atoms with E-state index in [1.165, 1.54) is 29.2 Å². The first kappa shape index (κ1) is 19.4. The van der Waals surface area contributed by atoms with Gasteiger partial charge in [0.2, 0.25) is 11.0 Å². The highest BCUT2D eigenvalue weighted by atomic mass is 32.2. The van der Waals surface area contributed by atoms with Gasteiger partial charge >= 0.3 is 0 Å². The molecule has 0 atom stereocenters. The molecule has 2 heterocycles. The maximum atomic E-state index is 14.1. The second-order valence-corrected chi connectivity index (χ2v) is 7.62. The molecule has 1 N–H and O–H groups in total. The second kappa shape index (κ2) is 9.05. The largest absolute Gasteiger partial charge is 0.302 e. The summed E-state index contributed by atoms with van der Waals surface area (Å²) in [5.74, 6) is 0.0511. The highest BCUT2D eigenvalue weighted by molar-refractivity contribution is 7.99. The van der Waals surface area contributed by atoms with Crippen molar-refractivity contribution in [1.82, 2.24) is 25.0 Å². The molecule has 0 saturated carbocycles. The lowest BCUT2D eigenvalue weighted by atomic mass is 10.2. The maximum absolute atomic E-state index is 14.1. The number of benzene rings is 1. The number of amides is 1. The van der Waals surface area contributed by atoms with Gasteiger partial charge in [0.05, 0.1) is 11.3 Å². The lowest BCUT2D eigenvalue weighted by molar-refractivity contribution is -0.113. The molecule has 0 fully saturated rings. The zero-order chi connectivity index (χ0) is 19.2. The van der Waals surface area contributed by atoms with Crippen molar-refractivity contribution in [2.75, 3.05) is 11.1 Å². The summed E-state index contributed by atoms with van der Waals surface area (Å²) in [7, 11) is 0. The van der Waals surface area contributed by atoms with E-state index < -0.39 is 0 Å². The molecule has 27 heavy (non-hydrogen) atoms. The number of thioether (sulfide) groups is 1. The van der Waals surface area contributed by atoms with Gasteiger partial charge in [0, 0.05) is 13.0 Å². The molecule has 3 aromatic rings. The van der Waals surface area contributed by atoms with Crippen LogP contribution in [0, 0.1) is 5.82 Å². The standard InChI is InChI=1S/C17H19FN6OS2/c1-3-7-14-20-22-16(27-14)19-13(25)10-26-17-23-21-15(24(17)4-2)11-8-5-6-9-12(11)18/h5-6,8-9H,3-4,7,10H2,1-2H3,(H,19,22,25). The number of halogens is 1. The summed E-state index contributed by atoms with van der Waals surface area (Å²) in [5, 5.41) is 20.9. The third-order valence-electron chi connectivity index (χ3n) is 3.66. The number of hydrogen-bond donors (Lipinski definition) is 1. The SMILES string of the molecule is CCCc1nnc(NC(=O)CSc2nnc(-c3ccccc3F)n2CC)s1. The molecule has 0 aliphatic heterocycles. The van der Waals surface area contributed by atoms with Crippen molar-refractivity contribution in [3.05, 3.63) is 35.1 Å². The highest BCUT2D eigenvalue weighted by Gasteiger charge is 2.17. The predicted octanol–water partition coefficient (Wildman–Crippen LogP) is 3.64. The minimum atomic E-state index is -0.354. The number of nitrogens with one attached hydrogen (secondary N) is 1. The highest BCUT2D eigenvalue weighted by Crippen LogP contribution is 2.26. The van der Waals surface area contributed by atoms with Gasteiger partial charge in [0.15, 0.2) is 11.0 Å². The van der Waals surface area contributed by atoms with E-state index in [4.69, 9.17) is 0 Å². The molecule has 10 heteroatoms. The number of hydrogen-bond acceptors (Lipinski definition) is 7. The fourth-order valence-corrected chi connectivity index (χ4v) is 4.09. The van der Waals surface area contributed by atoms with E-state index in [-0.39, 0.29) is 17.5 Å². The summed E-state index contributed by atoms with van der Waals surface area (Å²) in [6, 6.07) is 6.43. The summed E-state index contributed by atoms with van der Waals surface area (Å²) in [4.78, 5) is 12.2. The van der Waals surface area contributed by atoms with Gasteiger partial charge in [0.25, 0.3) is 0 Å². The monoisotopic (exact) mass is 406 g/mol. The third-order valence-corrected chi connectivity index (χ3v) is 5.52. The first-order chi connectivity index (χ1) is 13.1. The third kappa shape index (κ3) is 4.69. The molecular formula is C17H19FN6OS2. The Morgan fingerprint density at radius 2 is 2.04 bits per heavy atom. The lowest BCUT2D eigenvalue weighted by Crippen LogP contribution is -2.14. The van der Waals surface area contributed by atoms with Crippen LogP contribution in [0.25, 0.3) is 11.4 Å². The van der Waals surface area contributed by atoms with E-state index in [2.05, 4.69) is 32.6 Å². The Hall–Kier alpha value is -2.33. The van der Waals surface area contributed by atoms with E-state index in [0.717, 1.165) is 17.8 Å². The molecule has 0 aliphatic carbocycles. The molecular weight excluding hydrogens is 387 g/mol. The summed E-state index contributed by atoms with van der Waals surface area (Å²) in [6.07, 6.45) is 1.83. The van der Waals surface area contributed by atoms with Crippen LogP contribution in [0.5, 0.6) is 0 Å². The van der Waals surface area contributed by atoms with Gasteiger partial charge in [0.1, 0.15) is 10.8 Å². The zero-order valence-corrected chi connectivity index (χ0v) is 16.6. The summed E-state index contributed by atoms with van der Waals surface area (Å²) in [6.45, 7) is 4.56. The molecule has 0 spiro atoms. The second-order valence-electron chi connectivity index (χ2n) is 5.62. The number of carbonyl (C=O) groups excluding carboxylic acids is 1. The first-order valence-electron chi connectivity index (χ1n) is 8.55. The number of anilines is 1. The van der Waals surface area contributed by atoms with Gasteiger partial charge in [-0.25, -0.2) is 4.39 Å². The molecule has 0 unspecified atom stereocenters. The van der Waals surface area contributed by atoms with E-state index in [1.54, 1.807) is 22.8 Å². The Kier molecular flexibility index (Phi) is 6.51. The van der Waals surface area contributed by atoms with Crippen LogP contribution < -0.4 is 5.32 Å². The minimum Gasteiger partial charge on any atom is -0.302 e. The Bertz CT molecular complexity index is 926. The van der Waals surface area contributed by atoms with Crippen molar-refractivity contribution in [1.29, 1.82) is 0 Å². The van der Waals surface area contributed by atoms with Gasteiger partial charge in [-0.3, -0.25) is 10.1 Å². The Balaban J connectivity index is 1.65. The number of carbonyl (C=O) groups is 1. The molecule has 1 amide bonds. The summed E-state index contributed by atoms with van der Waals surface area (Å²) < 4.78 is 15.8. The van der Waals surface area contributed by atoms with Gasteiger partial charge in [-0.1, -0.05) is 42.2 Å². The topological polar surface area (TPSA) is 85.6 Å². The first-order valence-corrected chi connectivity index (χ1v) is 10.4. The molecule has 7 nitrogen and oxygen atoms in total. The van der Waals surface area contributed by atoms with Gasteiger partial charge in [-0.2, -0.15) is 0 Å². The van der Waals surface area contributed by atoms with Gasteiger partial charge in [-0.05, 0) is 25.5 Å². The Labute approximate surface area is 164 Å². The smallest absolute Gasteiger partial charge is 0.236 e. The van der Waals surface area contributed by atoms with Crippen LogP contribution in [-0.2, 0) is 17.8 Å². The van der Waals surface area contributed by atoms with Crippen LogP contribution in [0.2, 0.25) is 0 Å². The summed E-state index contributed by atoms with van der Waals surface area (Å²) >= 11 is 2.63. The molecule has 0 radical (unpaired) electrons. The van der Waals surface area contributed by atoms with Gasteiger partial charge < -0.3 is 4.57 Å². The van der Waals surface area contributed by atoms with E-state index in [0.29, 0.717) is 28.2 Å². The van der Waals surface area contributed by atoms with E-state index in [9.17, 15) is 9.18 Å². The lowest BCUT2D eigenvalue weighted by Gasteiger charge is -2.07. The van der Waals surface area contributed by atoms with Crippen molar-refractivity contribution in [3.8, 4) is 11.4 Å². The molecule has 1 aromatic carbocycles. The minimum absolute atomic E-state index is 0.151. The van der Waals surface area contributed by atoms with E-state index >= 15 is 0 Å². The van der Waals surface area contributed by atoms with Crippen LogP contribution in [0.4, 0.5) is 9.52 Å². The molecule has 142 valence electrons. The van der Waals surface area contributed by atoms with Crippen LogP contribution in [0.15, 0.2) is 29.4 Å².